The van der Waals surface area contributed by atoms with Crippen LogP contribution in [0.15, 0.2) is 42.5 Å². The van der Waals surface area contributed by atoms with E-state index in [4.69, 9.17) is 11.6 Å². The Kier molecular flexibility index (Phi) is 5.48. The van der Waals surface area contributed by atoms with E-state index in [1.165, 1.54) is 31.7 Å². The van der Waals surface area contributed by atoms with Gasteiger partial charge in [-0.1, -0.05) is 41.9 Å². The zero-order valence-electron chi connectivity index (χ0n) is 15.4. The molecular formula is C22H23ClN2OS. The maximum atomic E-state index is 12.3. The van der Waals surface area contributed by atoms with Gasteiger partial charge in [-0.25, -0.2) is 0 Å². The highest BCUT2D eigenvalue weighted by atomic mass is 35.5. The standard InChI is InChI=1S/C22H23ClN2OS/c1-25-12-11-16-18(23)8-9-19-22(16)17(14-25)20(27-19)13-24-21(26)10-7-15-5-3-2-4-6-15/h2-6,8-9H,7,10-14H2,1H3,(H,24,26). The molecule has 2 aromatic carbocycles. The molecular weight excluding hydrogens is 376 g/mol. The number of halogens is 1. The van der Waals surface area contributed by atoms with Crippen molar-refractivity contribution in [2.45, 2.75) is 32.4 Å². The second kappa shape index (κ2) is 8.01. The molecule has 0 bridgehead atoms. The van der Waals surface area contributed by atoms with E-state index >= 15 is 0 Å². The third-order valence-electron chi connectivity index (χ3n) is 5.19. The highest BCUT2D eigenvalue weighted by Gasteiger charge is 2.22. The lowest BCUT2D eigenvalue weighted by Crippen LogP contribution is -2.24. The van der Waals surface area contributed by atoms with E-state index in [1.807, 2.05) is 24.3 Å². The van der Waals surface area contributed by atoms with Gasteiger partial charge in [0.15, 0.2) is 0 Å². The lowest BCUT2D eigenvalue weighted by atomic mass is 10.0. The first-order valence-corrected chi connectivity index (χ1v) is 10.5. The largest absolute Gasteiger partial charge is 0.351 e. The van der Waals surface area contributed by atoms with Crippen LogP contribution in [0.4, 0.5) is 0 Å². The van der Waals surface area contributed by atoms with E-state index in [0.29, 0.717) is 13.0 Å². The van der Waals surface area contributed by atoms with Crippen molar-refractivity contribution >= 4 is 38.9 Å². The maximum Gasteiger partial charge on any atom is 0.220 e. The highest BCUT2D eigenvalue weighted by Crippen LogP contribution is 2.39. The molecule has 0 spiro atoms. The number of benzene rings is 2. The summed E-state index contributed by atoms with van der Waals surface area (Å²) >= 11 is 8.26. The second-order valence-electron chi connectivity index (χ2n) is 7.15. The van der Waals surface area contributed by atoms with Crippen molar-refractivity contribution in [3.63, 3.8) is 0 Å². The molecule has 4 rings (SSSR count). The minimum atomic E-state index is 0.101. The lowest BCUT2D eigenvalue weighted by molar-refractivity contribution is -0.121. The monoisotopic (exact) mass is 398 g/mol. The summed E-state index contributed by atoms with van der Waals surface area (Å²) in [6.45, 7) is 2.50. The Morgan fingerprint density at radius 2 is 2.00 bits per heavy atom. The minimum Gasteiger partial charge on any atom is -0.351 e. The topological polar surface area (TPSA) is 32.3 Å². The molecule has 0 unspecified atom stereocenters. The number of likely N-dealkylation sites (N-methyl/N-ethyl adjacent to an activating group) is 1. The Bertz CT molecular complexity index is 967. The Morgan fingerprint density at radius 1 is 1.19 bits per heavy atom. The predicted octanol–water partition coefficient (Wildman–Crippen LogP) is 4.79. The van der Waals surface area contributed by atoms with E-state index in [1.54, 1.807) is 11.3 Å². The molecule has 0 radical (unpaired) electrons. The Labute approximate surface area is 168 Å². The summed E-state index contributed by atoms with van der Waals surface area (Å²) in [6, 6.07) is 14.3. The summed E-state index contributed by atoms with van der Waals surface area (Å²) in [7, 11) is 2.14. The maximum absolute atomic E-state index is 12.3. The molecule has 5 heteroatoms. The molecule has 0 saturated heterocycles. The van der Waals surface area contributed by atoms with Crippen LogP contribution in [0.1, 0.15) is 28.0 Å². The molecule has 1 aliphatic heterocycles. The number of aryl methyl sites for hydroxylation is 1. The molecule has 0 atom stereocenters. The van der Waals surface area contributed by atoms with Crippen LogP contribution in [0.5, 0.6) is 0 Å². The first-order chi connectivity index (χ1) is 13.1. The Hall–Kier alpha value is -1.88. The first kappa shape index (κ1) is 18.5. The summed E-state index contributed by atoms with van der Waals surface area (Å²) in [5, 5.41) is 5.29. The molecule has 0 saturated carbocycles. The van der Waals surface area contributed by atoms with Crippen molar-refractivity contribution in [2.24, 2.45) is 0 Å². The number of rotatable bonds is 5. The van der Waals surface area contributed by atoms with Crippen LogP contribution < -0.4 is 5.32 Å². The minimum absolute atomic E-state index is 0.101. The van der Waals surface area contributed by atoms with Gasteiger partial charge in [-0.15, -0.1) is 11.3 Å². The van der Waals surface area contributed by atoms with Crippen molar-refractivity contribution in [1.82, 2.24) is 10.2 Å². The molecule has 0 aliphatic carbocycles. The zero-order chi connectivity index (χ0) is 18.8. The summed E-state index contributed by atoms with van der Waals surface area (Å²) in [4.78, 5) is 15.9. The fraction of sp³-hybridized carbons (Fsp3) is 0.318. The van der Waals surface area contributed by atoms with Crippen LogP contribution >= 0.6 is 22.9 Å². The zero-order valence-corrected chi connectivity index (χ0v) is 17.0. The normalized spacial score (nSPS) is 14.3. The van der Waals surface area contributed by atoms with Gasteiger partial charge in [0, 0.05) is 39.5 Å². The van der Waals surface area contributed by atoms with E-state index in [-0.39, 0.29) is 5.91 Å². The van der Waals surface area contributed by atoms with Crippen molar-refractivity contribution in [3.05, 3.63) is 69.1 Å². The Balaban J connectivity index is 1.50. The molecule has 3 aromatic rings. The first-order valence-electron chi connectivity index (χ1n) is 9.32. The third kappa shape index (κ3) is 4.03. The van der Waals surface area contributed by atoms with Crippen molar-refractivity contribution in [3.8, 4) is 0 Å². The number of thiophene rings is 1. The van der Waals surface area contributed by atoms with Gasteiger partial charge in [0.25, 0.3) is 0 Å². The summed E-state index contributed by atoms with van der Waals surface area (Å²) in [5.74, 6) is 0.101. The fourth-order valence-electron chi connectivity index (χ4n) is 3.73. The molecule has 1 aromatic heterocycles. The number of nitrogens with one attached hydrogen (secondary N) is 1. The SMILES string of the molecule is CN1CCc2c(Cl)ccc3sc(CNC(=O)CCc4ccccc4)c(c23)C1. The van der Waals surface area contributed by atoms with E-state index < -0.39 is 0 Å². The molecule has 140 valence electrons. The quantitative estimate of drug-likeness (QED) is 0.670. The van der Waals surface area contributed by atoms with E-state index in [9.17, 15) is 4.79 Å². The van der Waals surface area contributed by atoms with Gasteiger partial charge in [-0.2, -0.15) is 0 Å². The van der Waals surface area contributed by atoms with Crippen LogP contribution in [-0.2, 0) is 30.7 Å². The van der Waals surface area contributed by atoms with Gasteiger partial charge in [-0.3, -0.25) is 4.79 Å². The Morgan fingerprint density at radius 3 is 2.81 bits per heavy atom. The molecule has 1 amide bonds. The van der Waals surface area contributed by atoms with Gasteiger partial charge in [0.2, 0.25) is 5.91 Å². The summed E-state index contributed by atoms with van der Waals surface area (Å²) in [6.07, 6.45) is 2.26. The highest BCUT2D eigenvalue weighted by molar-refractivity contribution is 7.19. The van der Waals surface area contributed by atoms with Crippen molar-refractivity contribution in [2.75, 3.05) is 13.6 Å². The number of amides is 1. The number of hydrogen-bond donors (Lipinski definition) is 1. The van der Waals surface area contributed by atoms with Crippen molar-refractivity contribution in [1.29, 1.82) is 0 Å². The number of carbonyl (C=O) groups excluding carboxylic acids is 1. The van der Waals surface area contributed by atoms with Crippen LogP contribution in [0, 0.1) is 0 Å². The van der Waals surface area contributed by atoms with Gasteiger partial charge in [0.05, 0.1) is 6.54 Å². The van der Waals surface area contributed by atoms with Crippen LogP contribution in [-0.4, -0.2) is 24.4 Å². The van der Waals surface area contributed by atoms with Gasteiger partial charge >= 0.3 is 0 Å². The molecule has 27 heavy (non-hydrogen) atoms. The summed E-state index contributed by atoms with van der Waals surface area (Å²) < 4.78 is 1.27. The molecule has 2 heterocycles. The number of hydrogen-bond acceptors (Lipinski definition) is 3. The molecule has 1 aliphatic rings. The second-order valence-corrected chi connectivity index (χ2v) is 8.70. The van der Waals surface area contributed by atoms with Gasteiger partial charge in [0.1, 0.15) is 0 Å². The van der Waals surface area contributed by atoms with E-state index in [2.05, 4.69) is 35.5 Å². The average molecular weight is 399 g/mol. The third-order valence-corrected chi connectivity index (χ3v) is 6.74. The van der Waals surface area contributed by atoms with Crippen LogP contribution in [0.25, 0.3) is 10.1 Å². The predicted molar refractivity (Wildman–Crippen MR) is 113 cm³/mol. The lowest BCUT2D eigenvalue weighted by Gasteiger charge is -2.14. The van der Waals surface area contributed by atoms with Crippen molar-refractivity contribution < 1.29 is 4.79 Å². The van der Waals surface area contributed by atoms with Crippen LogP contribution in [0.2, 0.25) is 5.02 Å². The fourth-order valence-corrected chi connectivity index (χ4v) is 5.16. The van der Waals surface area contributed by atoms with E-state index in [0.717, 1.165) is 31.0 Å². The summed E-state index contributed by atoms with van der Waals surface area (Å²) in [5.41, 5.74) is 3.78. The smallest absolute Gasteiger partial charge is 0.220 e. The van der Waals surface area contributed by atoms with Gasteiger partial charge < -0.3 is 10.2 Å². The molecule has 0 fully saturated rings. The number of nitrogens with zero attached hydrogens (tertiary/aromatic N) is 1. The molecule has 1 N–H and O–H groups in total. The van der Waals surface area contributed by atoms with Crippen LogP contribution in [0.3, 0.4) is 0 Å². The van der Waals surface area contributed by atoms with Gasteiger partial charge in [-0.05, 0) is 48.7 Å². The average Bonchev–Trinajstić information content (AvgIpc) is 2.91. The molecule has 3 nitrogen and oxygen atoms in total. The number of carbonyl (C=O) groups is 1.